The van der Waals surface area contributed by atoms with Crippen molar-refractivity contribution in [3.05, 3.63) is 60.2 Å². The molecule has 0 saturated heterocycles. The van der Waals surface area contributed by atoms with Crippen LogP contribution in [-0.2, 0) is 6.18 Å². The molecule has 1 aromatic carbocycles. The minimum Gasteiger partial charge on any atom is -0.329 e. The van der Waals surface area contributed by atoms with Gasteiger partial charge in [-0.1, -0.05) is 29.4 Å². The van der Waals surface area contributed by atoms with Crippen LogP contribution < -0.4 is 0 Å². The monoisotopic (exact) mass is 365 g/mol. The van der Waals surface area contributed by atoms with Crippen LogP contribution in [0.3, 0.4) is 0 Å². The van der Waals surface area contributed by atoms with Crippen molar-refractivity contribution in [2.45, 2.75) is 11.1 Å². The van der Waals surface area contributed by atoms with Gasteiger partial charge in [0.1, 0.15) is 0 Å². The number of aromatic nitrogens is 3. The summed E-state index contributed by atoms with van der Waals surface area (Å²) in [4.78, 5) is 20.3. The standard InChI is InChI=1S/C16H10F3N3O2S/c17-16(18,19)15-21-14(22-24-15)11-3-1-10(2-4-11)13(23)9-25-12-5-7-20-8-6-12/h1-8H,9H2. The maximum atomic E-state index is 12.5. The highest BCUT2D eigenvalue weighted by atomic mass is 32.2. The molecule has 0 bridgehead atoms. The Morgan fingerprint density at radius 1 is 1.08 bits per heavy atom. The molecule has 0 radical (unpaired) electrons. The lowest BCUT2D eigenvalue weighted by Crippen LogP contribution is -2.05. The van der Waals surface area contributed by atoms with Crippen LogP contribution in [0.4, 0.5) is 13.2 Å². The molecule has 0 N–H and O–H groups in total. The second kappa shape index (κ2) is 7.06. The third kappa shape index (κ3) is 4.24. The van der Waals surface area contributed by atoms with E-state index in [9.17, 15) is 18.0 Å². The number of Topliss-reactive ketones (excluding diaryl/α,β-unsaturated/α-hetero) is 1. The lowest BCUT2D eigenvalue weighted by molar-refractivity contribution is -0.159. The van der Waals surface area contributed by atoms with E-state index in [1.165, 1.54) is 36.0 Å². The number of carbonyl (C=O) groups is 1. The molecule has 0 spiro atoms. The highest BCUT2D eigenvalue weighted by Gasteiger charge is 2.38. The van der Waals surface area contributed by atoms with Crippen molar-refractivity contribution < 1.29 is 22.5 Å². The summed E-state index contributed by atoms with van der Waals surface area (Å²) >= 11 is 1.38. The molecule has 3 aromatic rings. The number of alkyl halides is 3. The molecule has 2 aromatic heterocycles. The third-order valence-electron chi connectivity index (χ3n) is 3.15. The van der Waals surface area contributed by atoms with Gasteiger partial charge in [0.2, 0.25) is 5.82 Å². The van der Waals surface area contributed by atoms with Gasteiger partial charge in [-0.05, 0) is 12.1 Å². The van der Waals surface area contributed by atoms with E-state index in [0.717, 1.165) is 4.90 Å². The molecule has 9 heteroatoms. The summed E-state index contributed by atoms with van der Waals surface area (Å²) in [7, 11) is 0. The lowest BCUT2D eigenvalue weighted by atomic mass is 10.1. The highest BCUT2D eigenvalue weighted by molar-refractivity contribution is 8.00. The predicted octanol–water partition coefficient (Wildman–Crippen LogP) is 4.13. The fourth-order valence-electron chi connectivity index (χ4n) is 1.93. The summed E-state index contributed by atoms with van der Waals surface area (Å²) < 4.78 is 41.6. The van der Waals surface area contributed by atoms with Gasteiger partial charge in [0.25, 0.3) is 0 Å². The van der Waals surface area contributed by atoms with E-state index in [1.54, 1.807) is 24.5 Å². The maximum Gasteiger partial charge on any atom is 0.471 e. The topological polar surface area (TPSA) is 68.9 Å². The van der Waals surface area contributed by atoms with Gasteiger partial charge < -0.3 is 4.52 Å². The van der Waals surface area contributed by atoms with Gasteiger partial charge in [-0.3, -0.25) is 9.78 Å². The summed E-state index contributed by atoms with van der Waals surface area (Å²) in [5.74, 6) is -1.45. The van der Waals surface area contributed by atoms with E-state index in [-0.39, 0.29) is 17.4 Å². The quantitative estimate of drug-likeness (QED) is 0.500. The van der Waals surface area contributed by atoms with E-state index in [0.29, 0.717) is 11.1 Å². The van der Waals surface area contributed by atoms with Crippen LogP contribution in [0.15, 0.2) is 58.2 Å². The molecule has 3 rings (SSSR count). The number of ketones is 1. The fourth-order valence-corrected chi connectivity index (χ4v) is 2.71. The molecule has 25 heavy (non-hydrogen) atoms. The van der Waals surface area contributed by atoms with Gasteiger partial charge in [-0.25, -0.2) is 0 Å². The highest BCUT2D eigenvalue weighted by Crippen LogP contribution is 2.29. The first kappa shape index (κ1) is 17.2. The second-order valence-corrected chi connectivity index (χ2v) is 5.94. The van der Waals surface area contributed by atoms with Crippen LogP contribution >= 0.6 is 11.8 Å². The Balaban J connectivity index is 1.67. The van der Waals surface area contributed by atoms with Gasteiger partial charge in [0.05, 0.1) is 5.75 Å². The molecule has 128 valence electrons. The number of halogens is 3. The zero-order valence-electron chi connectivity index (χ0n) is 12.5. The van der Waals surface area contributed by atoms with Crippen LogP contribution in [0.2, 0.25) is 0 Å². The van der Waals surface area contributed by atoms with E-state index in [2.05, 4.69) is 19.6 Å². The molecule has 0 aliphatic heterocycles. The zero-order chi connectivity index (χ0) is 17.9. The minimum atomic E-state index is -4.69. The Bertz CT molecular complexity index is 864. The molecule has 0 aliphatic rings. The molecule has 0 saturated carbocycles. The normalized spacial score (nSPS) is 11.5. The Labute approximate surface area is 144 Å². The SMILES string of the molecule is O=C(CSc1ccncc1)c1ccc(-c2noc(C(F)(F)F)n2)cc1. The number of carbonyl (C=O) groups excluding carboxylic acids is 1. The number of thioether (sulfide) groups is 1. The number of hydrogen-bond acceptors (Lipinski definition) is 6. The second-order valence-electron chi connectivity index (χ2n) is 4.89. The molecular weight excluding hydrogens is 355 g/mol. The molecule has 0 unspecified atom stereocenters. The van der Waals surface area contributed by atoms with Crippen LogP contribution in [-0.4, -0.2) is 26.7 Å². The summed E-state index contributed by atoms with van der Waals surface area (Å²) in [6.45, 7) is 0. The molecule has 2 heterocycles. The number of benzene rings is 1. The van der Waals surface area contributed by atoms with Gasteiger partial charge in [0.15, 0.2) is 5.78 Å². The Kier molecular flexibility index (Phi) is 4.84. The van der Waals surface area contributed by atoms with Gasteiger partial charge in [0, 0.05) is 28.4 Å². The summed E-state index contributed by atoms with van der Waals surface area (Å²) in [6, 6.07) is 9.61. The first-order valence-electron chi connectivity index (χ1n) is 7.01. The average Bonchev–Trinajstić information content (AvgIpc) is 3.11. The van der Waals surface area contributed by atoms with Crippen molar-refractivity contribution in [3.63, 3.8) is 0 Å². The van der Waals surface area contributed by atoms with Crippen molar-refractivity contribution in [2.24, 2.45) is 0 Å². The average molecular weight is 365 g/mol. The summed E-state index contributed by atoms with van der Waals surface area (Å²) in [5.41, 5.74) is 0.780. The number of rotatable bonds is 5. The van der Waals surface area contributed by atoms with E-state index in [1.807, 2.05) is 0 Å². The molecule has 0 amide bonds. The Morgan fingerprint density at radius 3 is 2.36 bits per heavy atom. The molecule has 0 fully saturated rings. The maximum absolute atomic E-state index is 12.5. The third-order valence-corrected chi connectivity index (χ3v) is 4.17. The van der Waals surface area contributed by atoms with Gasteiger partial charge >= 0.3 is 12.1 Å². The summed E-state index contributed by atoms with van der Waals surface area (Å²) in [5, 5.41) is 3.30. The number of hydrogen-bond donors (Lipinski definition) is 0. The van der Waals surface area contributed by atoms with Crippen molar-refractivity contribution >= 4 is 17.5 Å². The fraction of sp³-hybridized carbons (Fsp3) is 0.125. The molecule has 5 nitrogen and oxygen atoms in total. The number of pyridine rings is 1. The Hall–Kier alpha value is -2.68. The van der Waals surface area contributed by atoms with Crippen LogP contribution in [0, 0.1) is 0 Å². The largest absolute Gasteiger partial charge is 0.471 e. The lowest BCUT2D eigenvalue weighted by Gasteiger charge is -2.02. The zero-order valence-corrected chi connectivity index (χ0v) is 13.3. The van der Waals surface area contributed by atoms with E-state index >= 15 is 0 Å². The Morgan fingerprint density at radius 2 is 1.76 bits per heavy atom. The van der Waals surface area contributed by atoms with Crippen molar-refractivity contribution in [2.75, 3.05) is 5.75 Å². The van der Waals surface area contributed by atoms with Crippen molar-refractivity contribution in [1.82, 2.24) is 15.1 Å². The molecule has 0 aliphatic carbocycles. The summed E-state index contributed by atoms with van der Waals surface area (Å²) in [6.07, 6.45) is -1.41. The minimum absolute atomic E-state index is 0.0996. The predicted molar refractivity (Wildman–Crippen MR) is 84.0 cm³/mol. The smallest absolute Gasteiger partial charge is 0.329 e. The van der Waals surface area contributed by atoms with E-state index < -0.39 is 12.1 Å². The molecular formula is C16H10F3N3O2S. The van der Waals surface area contributed by atoms with Crippen LogP contribution in [0.25, 0.3) is 11.4 Å². The van der Waals surface area contributed by atoms with Crippen molar-refractivity contribution in [1.29, 1.82) is 0 Å². The van der Waals surface area contributed by atoms with Crippen molar-refractivity contribution in [3.8, 4) is 11.4 Å². The van der Waals surface area contributed by atoms with Gasteiger partial charge in [-0.2, -0.15) is 18.2 Å². The first-order chi connectivity index (χ1) is 11.9. The molecule has 0 atom stereocenters. The van der Waals surface area contributed by atoms with Crippen LogP contribution in [0.1, 0.15) is 16.2 Å². The first-order valence-corrected chi connectivity index (χ1v) is 7.99. The van der Waals surface area contributed by atoms with Crippen LogP contribution in [0.5, 0.6) is 0 Å². The van der Waals surface area contributed by atoms with Gasteiger partial charge in [-0.15, -0.1) is 11.8 Å². The number of nitrogens with zero attached hydrogens (tertiary/aromatic N) is 3. The van der Waals surface area contributed by atoms with E-state index in [4.69, 9.17) is 0 Å².